The van der Waals surface area contributed by atoms with Gasteiger partial charge in [-0.25, -0.2) is 9.59 Å². The van der Waals surface area contributed by atoms with E-state index in [1.54, 1.807) is 30.3 Å². The van der Waals surface area contributed by atoms with Crippen molar-refractivity contribution in [3.8, 4) is 0 Å². The van der Waals surface area contributed by atoms with E-state index >= 15 is 0 Å². The van der Waals surface area contributed by atoms with Crippen molar-refractivity contribution < 1.29 is 37.0 Å². The van der Waals surface area contributed by atoms with Gasteiger partial charge in [0.05, 0.1) is 0 Å². The summed E-state index contributed by atoms with van der Waals surface area (Å²) in [5, 5.41) is 1.18. The highest BCUT2D eigenvalue weighted by Crippen LogP contribution is 2.22. The van der Waals surface area contributed by atoms with Gasteiger partial charge in [-0.1, -0.05) is 30.3 Å². The van der Waals surface area contributed by atoms with Crippen LogP contribution < -0.4 is 10.7 Å². The first-order valence-electron chi connectivity index (χ1n) is 8.17. The summed E-state index contributed by atoms with van der Waals surface area (Å²) >= 11 is 0. The highest BCUT2D eigenvalue weighted by molar-refractivity contribution is 5.86. The summed E-state index contributed by atoms with van der Waals surface area (Å²) in [6.45, 7) is 5.15. The fourth-order valence-corrected chi connectivity index (χ4v) is 1.73. The third-order valence-electron chi connectivity index (χ3n) is 2.99. The Hall–Kier alpha value is -2.98. The van der Waals surface area contributed by atoms with Crippen LogP contribution in [0.1, 0.15) is 33.3 Å². The number of amides is 3. The molecule has 2 N–H and O–H groups in total. The molecule has 0 aromatic heterocycles. The maximum atomic E-state index is 13.0. The first kappa shape index (κ1) is 23.1. The number of benzene rings is 1. The first-order chi connectivity index (χ1) is 12.8. The van der Waals surface area contributed by atoms with E-state index < -0.39 is 41.0 Å². The van der Waals surface area contributed by atoms with E-state index in [0.717, 1.165) is 6.92 Å². The Morgan fingerprint density at radius 1 is 1.11 bits per heavy atom. The van der Waals surface area contributed by atoms with Gasteiger partial charge in [0.2, 0.25) is 0 Å². The van der Waals surface area contributed by atoms with Crippen molar-refractivity contribution in [2.75, 3.05) is 0 Å². The SMILES string of the molecule is C[C@H](NC(=O)OCc1ccccc1)C(=O)NN(C(=O)OC(C)(C)C)C(F)(F)F. The number of carbonyl (C=O) groups is 3. The zero-order valence-corrected chi connectivity index (χ0v) is 15.8. The molecule has 0 radical (unpaired) electrons. The monoisotopic (exact) mass is 405 g/mol. The number of alkyl carbamates (subject to hydrolysis) is 1. The van der Waals surface area contributed by atoms with Crippen molar-refractivity contribution in [3.63, 3.8) is 0 Å². The normalized spacial score (nSPS) is 12.5. The molecule has 0 saturated carbocycles. The number of alkyl halides is 3. The van der Waals surface area contributed by atoms with Gasteiger partial charge in [-0.05, 0) is 33.3 Å². The molecule has 8 nitrogen and oxygen atoms in total. The van der Waals surface area contributed by atoms with Crippen LogP contribution in [0, 0.1) is 0 Å². The number of carbonyl (C=O) groups excluding carboxylic acids is 3. The van der Waals surface area contributed by atoms with Crippen LogP contribution in [0.2, 0.25) is 0 Å². The lowest BCUT2D eigenvalue weighted by Gasteiger charge is -2.29. The van der Waals surface area contributed by atoms with Crippen LogP contribution in [0.4, 0.5) is 22.8 Å². The minimum absolute atomic E-state index is 0.0897. The molecule has 0 aliphatic carbocycles. The first-order valence-corrected chi connectivity index (χ1v) is 8.17. The number of hydrogen-bond acceptors (Lipinski definition) is 5. The average Bonchev–Trinajstić information content (AvgIpc) is 2.55. The number of nitrogens with zero attached hydrogens (tertiary/aromatic N) is 1. The van der Waals surface area contributed by atoms with Gasteiger partial charge in [-0.3, -0.25) is 10.2 Å². The van der Waals surface area contributed by atoms with Gasteiger partial charge in [-0.2, -0.15) is 0 Å². The summed E-state index contributed by atoms with van der Waals surface area (Å²) < 4.78 is 48.6. The van der Waals surface area contributed by atoms with Crippen LogP contribution in [0.25, 0.3) is 0 Å². The smallest absolute Gasteiger partial charge is 0.445 e. The molecule has 0 unspecified atom stereocenters. The summed E-state index contributed by atoms with van der Waals surface area (Å²) in [6.07, 6.45) is -8.06. The molecule has 0 saturated heterocycles. The molecular weight excluding hydrogens is 383 g/mol. The van der Waals surface area contributed by atoms with Gasteiger partial charge in [0, 0.05) is 0 Å². The fraction of sp³-hybridized carbons (Fsp3) is 0.471. The van der Waals surface area contributed by atoms with E-state index in [9.17, 15) is 27.6 Å². The van der Waals surface area contributed by atoms with E-state index in [-0.39, 0.29) is 6.61 Å². The number of hydrazine groups is 1. The van der Waals surface area contributed by atoms with E-state index in [1.807, 2.05) is 0 Å². The van der Waals surface area contributed by atoms with Gasteiger partial charge in [0.25, 0.3) is 5.91 Å². The molecule has 28 heavy (non-hydrogen) atoms. The molecule has 0 bridgehead atoms. The summed E-state index contributed by atoms with van der Waals surface area (Å²) in [5.74, 6) is -1.29. The Labute approximate surface area is 159 Å². The Balaban J connectivity index is 2.63. The van der Waals surface area contributed by atoms with Gasteiger partial charge in [0.15, 0.2) is 0 Å². The largest absolute Gasteiger partial charge is 0.508 e. The molecule has 0 heterocycles. The summed E-state index contributed by atoms with van der Waals surface area (Å²) in [7, 11) is 0. The average molecular weight is 405 g/mol. The molecule has 11 heteroatoms. The highest BCUT2D eigenvalue weighted by Gasteiger charge is 2.45. The zero-order chi connectivity index (χ0) is 21.5. The minimum Gasteiger partial charge on any atom is -0.445 e. The number of hydrogen-bond donors (Lipinski definition) is 2. The third-order valence-corrected chi connectivity index (χ3v) is 2.99. The second kappa shape index (κ2) is 9.29. The van der Waals surface area contributed by atoms with Gasteiger partial charge < -0.3 is 14.8 Å². The van der Waals surface area contributed by atoms with Crippen molar-refractivity contribution >= 4 is 18.1 Å². The summed E-state index contributed by atoms with van der Waals surface area (Å²) in [6, 6.07) is 7.21. The van der Waals surface area contributed by atoms with Crippen molar-refractivity contribution in [1.82, 2.24) is 15.8 Å². The third kappa shape index (κ3) is 8.14. The zero-order valence-electron chi connectivity index (χ0n) is 15.8. The number of ether oxygens (including phenoxy) is 2. The van der Waals surface area contributed by atoms with Gasteiger partial charge in [-0.15, -0.1) is 18.2 Å². The number of rotatable bonds is 4. The predicted octanol–water partition coefficient (Wildman–Crippen LogP) is 3.09. The Kier molecular flexibility index (Phi) is 7.65. The van der Waals surface area contributed by atoms with Gasteiger partial charge >= 0.3 is 18.5 Å². The van der Waals surface area contributed by atoms with E-state index in [2.05, 4.69) is 10.1 Å². The Bertz CT molecular complexity index is 690. The molecule has 0 aliphatic rings. The second-order valence-corrected chi connectivity index (χ2v) is 6.69. The van der Waals surface area contributed by atoms with Crippen molar-refractivity contribution in [1.29, 1.82) is 0 Å². The second-order valence-electron chi connectivity index (χ2n) is 6.69. The minimum atomic E-state index is -5.23. The standard InChI is InChI=1S/C17H22F3N3O5/c1-11(21-14(25)27-10-12-8-6-5-7-9-12)13(24)22-23(17(18,19)20)15(26)28-16(2,3)4/h5-9,11H,10H2,1-4H3,(H,21,25)(H,22,24)/t11-/m0/s1. The lowest BCUT2D eigenvalue weighted by molar-refractivity contribution is -0.248. The molecule has 1 atom stereocenters. The van der Waals surface area contributed by atoms with E-state index in [0.29, 0.717) is 5.56 Å². The Morgan fingerprint density at radius 3 is 2.18 bits per heavy atom. The quantitative estimate of drug-likeness (QED) is 0.593. The molecule has 0 aliphatic heterocycles. The molecule has 0 spiro atoms. The van der Waals surface area contributed by atoms with E-state index in [4.69, 9.17) is 4.74 Å². The molecule has 156 valence electrons. The van der Waals surface area contributed by atoms with Gasteiger partial charge in [0.1, 0.15) is 18.2 Å². The van der Waals surface area contributed by atoms with Crippen LogP contribution in [0.5, 0.6) is 0 Å². The lowest BCUT2D eigenvalue weighted by Crippen LogP contribution is -2.59. The Morgan fingerprint density at radius 2 is 1.68 bits per heavy atom. The number of nitrogens with one attached hydrogen (secondary N) is 2. The van der Waals surface area contributed by atoms with Crippen LogP contribution in [0.15, 0.2) is 30.3 Å². The summed E-state index contributed by atoms with van der Waals surface area (Å²) in [5.41, 5.74) is 0.854. The molecule has 1 aromatic rings. The van der Waals surface area contributed by atoms with Crippen molar-refractivity contribution in [2.24, 2.45) is 0 Å². The molecule has 1 rings (SSSR count). The van der Waals surface area contributed by atoms with Crippen LogP contribution in [-0.2, 0) is 20.9 Å². The van der Waals surface area contributed by atoms with Crippen LogP contribution >= 0.6 is 0 Å². The fourth-order valence-electron chi connectivity index (χ4n) is 1.73. The maximum absolute atomic E-state index is 13.0. The molecule has 1 aromatic carbocycles. The molecule has 3 amide bonds. The highest BCUT2D eigenvalue weighted by atomic mass is 19.4. The predicted molar refractivity (Wildman–Crippen MR) is 91.5 cm³/mol. The van der Waals surface area contributed by atoms with Crippen LogP contribution in [-0.4, -0.2) is 41.0 Å². The van der Waals surface area contributed by atoms with Crippen molar-refractivity contribution in [3.05, 3.63) is 35.9 Å². The van der Waals surface area contributed by atoms with Crippen molar-refractivity contribution in [2.45, 2.75) is 52.2 Å². The number of halogens is 3. The topological polar surface area (TPSA) is 97.0 Å². The molecule has 0 fully saturated rings. The van der Waals surface area contributed by atoms with E-state index in [1.165, 1.54) is 26.2 Å². The maximum Gasteiger partial charge on any atom is 0.508 e. The summed E-state index contributed by atoms with van der Waals surface area (Å²) in [4.78, 5) is 35.3. The lowest BCUT2D eigenvalue weighted by atomic mass is 10.2. The molecular formula is C17H22F3N3O5. The van der Waals surface area contributed by atoms with Crippen LogP contribution in [0.3, 0.4) is 0 Å².